The fourth-order valence-electron chi connectivity index (χ4n) is 2.20. The number of rotatable bonds is 8. The smallest absolute Gasteiger partial charge is 0.191 e. The van der Waals surface area contributed by atoms with Crippen molar-refractivity contribution < 1.29 is 0 Å². The molecule has 2 aromatic rings. The Hall–Kier alpha value is -1.51. The number of hydrogen-bond donors (Lipinski definition) is 2. The number of aliphatic imine (C=N–C) groups is 1. The summed E-state index contributed by atoms with van der Waals surface area (Å²) in [6, 6.07) is 6.02. The van der Waals surface area contributed by atoms with Gasteiger partial charge in [-0.3, -0.25) is 9.67 Å². The molecule has 2 N–H and O–H groups in total. The Balaban J connectivity index is 0.00000264. The van der Waals surface area contributed by atoms with Gasteiger partial charge in [-0.05, 0) is 31.0 Å². The Labute approximate surface area is 155 Å². The molecule has 2 heterocycles. The maximum atomic E-state index is 4.66. The number of hydrogen-bond acceptors (Lipinski definition) is 2. The lowest BCUT2D eigenvalue weighted by Gasteiger charge is -2.14. The molecule has 2 aromatic heterocycles. The molecule has 2 rings (SSSR count). The van der Waals surface area contributed by atoms with Crippen molar-refractivity contribution in [2.45, 2.75) is 26.9 Å². The van der Waals surface area contributed by atoms with E-state index in [1.807, 2.05) is 35.3 Å². The molecule has 23 heavy (non-hydrogen) atoms. The predicted octanol–water partition coefficient (Wildman–Crippen LogP) is 2.19. The lowest BCUT2D eigenvalue weighted by molar-refractivity contribution is 0.458. The van der Waals surface area contributed by atoms with E-state index < -0.39 is 0 Å². The van der Waals surface area contributed by atoms with Crippen LogP contribution in [0.15, 0.2) is 48.0 Å². The average Bonchev–Trinajstić information content (AvgIpc) is 3.18. The molecule has 0 fully saturated rings. The van der Waals surface area contributed by atoms with Crippen LogP contribution in [0.5, 0.6) is 0 Å². The maximum Gasteiger partial charge on any atom is 0.191 e. The molecule has 0 saturated heterocycles. The van der Waals surface area contributed by atoms with Gasteiger partial charge in [0.1, 0.15) is 0 Å². The zero-order valence-corrected chi connectivity index (χ0v) is 16.2. The monoisotopic (exact) mass is 430 g/mol. The summed E-state index contributed by atoms with van der Waals surface area (Å²) >= 11 is 0. The van der Waals surface area contributed by atoms with E-state index in [4.69, 9.17) is 0 Å². The second-order valence-electron chi connectivity index (χ2n) is 5.40. The molecule has 7 heteroatoms. The summed E-state index contributed by atoms with van der Waals surface area (Å²) < 4.78 is 4.10. The minimum absolute atomic E-state index is 0. The molecule has 0 radical (unpaired) electrons. The van der Waals surface area contributed by atoms with Crippen molar-refractivity contribution in [3.05, 3.63) is 43.0 Å². The fraction of sp³-hybridized carbons (Fsp3) is 0.500. The highest BCUT2D eigenvalue weighted by atomic mass is 127. The minimum atomic E-state index is 0. The molecular weight excluding hydrogens is 403 g/mol. The molecule has 6 nitrogen and oxygen atoms in total. The molecule has 1 unspecified atom stereocenters. The van der Waals surface area contributed by atoms with Crippen LogP contribution in [-0.2, 0) is 13.1 Å². The largest absolute Gasteiger partial charge is 0.357 e. The summed E-state index contributed by atoms with van der Waals surface area (Å²) in [6.07, 6.45) is 7.93. The van der Waals surface area contributed by atoms with E-state index in [1.54, 1.807) is 0 Å². The van der Waals surface area contributed by atoms with Gasteiger partial charge in [-0.15, -0.1) is 24.0 Å². The van der Waals surface area contributed by atoms with Crippen LogP contribution in [0.3, 0.4) is 0 Å². The quantitative estimate of drug-likeness (QED) is 0.384. The van der Waals surface area contributed by atoms with Crippen molar-refractivity contribution in [1.29, 1.82) is 0 Å². The van der Waals surface area contributed by atoms with Gasteiger partial charge in [0.15, 0.2) is 5.96 Å². The van der Waals surface area contributed by atoms with Gasteiger partial charge in [0, 0.05) is 57.5 Å². The van der Waals surface area contributed by atoms with E-state index in [1.165, 1.54) is 0 Å². The van der Waals surface area contributed by atoms with Crippen LogP contribution in [0.1, 0.15) is 13.8 Å². The highest BCUT2D eigenvalue weighted by Crippen LogP contribution is 2.00. The van der Waals surface area contributed by atoms with Crippen LogP contribution in [0.25, 0.3) is 0 Å². The van der Waals surface area contributed by atoms with Gasteiger partial charge in [0.25, 0.3) is 0 Å². The summed E-state index contributed by atoms with van der Waals surface area (Å²) in [5.41, 5.74) is 0. The highest BCUT2D eigenvalue weighted by molar-refractivity contribution is 14.0. The lowest BCUT2D eigenvalue weighted by atomic mass is 10.2. The molecule has 0 aromatic carbocycles. The van der Waals surface area contributed by atoms with Crippen molar-refractivity contribution in [3.63, 3.8) is 0 Å². The Morgan fingerprint density at radius 2 is 1.96 bits per heavy atom. The van der Waals surface area contributed by atoms with Gasteiger partial charge in [-0.25, -0.2) is 0 Å². The van der Waals surface area contributed by atoms with Crippen molar-refractivity contribution in [1.82, 2.24) is 25.0 Å². The third-order valence-electron chi connectivity index (χ3n) is 3.29. The van der Waals surface area contributed by atoms with E-state index in [-0.39, 0.29) is 24.0 Å². The van der Waals surface area contributed by atoms with Crippen LogP contribution in [0.4, 0.5) is 0 Å². The first kappa shape index (κ1) is 19.5. The molecule has 0 saturated carbocycles. The van der Waals surface area contributed by atoms with Crippen LogP contribution in [-0.4, -0.2) is 39.9 Å². The van der Waals surface area contributed by atoms with Crippen LogP contribution in [0.2, 0.25) is 0 Å². The van der Waals surface area contributed by atoms with Gasteiger partial charge in [0.2, 0.25) is 0 Å². The number of halogens is 1. The summed E-state index contributed by atoms with van der Waals surface area (Å²) in [7, 11) is 0. The third-order valence-corrected chi connectivity index (χ3v) is 3.29. The normalized spacial score (nSPS) is 12.5. The molecule has 128 valence electrons. The minimum Gasteiger partial charge on any atom is -0.357 e. The van der Waals surface area contributed by atoms with E-state index in [2.05, 4.69) is 51.5 Å². The Bertz CT molecular complexity index is 535. The van der Waals surface area contributed by atoms with Crippen LogP contribution in [0, 0.1) is 5.92 Å². The first-order valence-corrected chi connectivity index (χ1v) is 7.88. The third kappa shape index (κ3) is 7.54. The Kier molecular flexibility index (Phi) is 9.42. The van der Waals surface area contributed by atoms with Gasteiger partial charge in [-0.2, -0.15) is 5.10 Å². The molecular formula is C16H27IN6. The molecule has 1 atom stereocenters. The zero-order chi connectivity index (χ0) is 15.6. The molecule has 0 amide bonds. The van der Waals surface area contributed by atoms with Crippen LogP contribution < -0.4 is 10.6 Å². The highest BCUT2D eigenvalue weighted by Gasteiger charge is 2.04. The van der Waals surface area contributed by atoms with Gasteiger partial charge >= 0.3 is 0 Å². The second-order valence-corrected chi connectivity index (χ2v) is 5.40. The van der Waals surface area contributed by atoms with Gasteiger partial charge in [0.05, 0.1) is 0 Å². The number of nitrogens with zero attached hydrogens (tertiary/aromatic N) is 4. The number of guanidine groups is 1. The van der Waals surface area contributed by atoms with Crippen molar-refractivity contribution >= 4 is 29.9 Å². The maximum absolute atomic E-state index is 4.66. The molecule has 0 bridgehead atoms. The summed E-state index contributed by atoms with van der Waals surface area (Å²) in [6.45, 7) is 8.58. The van der Waals surface area contributed by atoms with Gasteiger partial charge < -0.3 is 15.2 Å². The van der Waals surface area contributed by atoms with E-state index >= 15 is 0 Å². The number of nitrogens with one attached hydrogen (secondary N) is 2. The van der Waals surface area contributed by atoms with Crippen molar-refractivity contribution in [2.75, 3.05) is 19.6 Å². The lowest BCUT2D eigenvalue weighted by Crippen LogP contribution is -2.39. The Morgan fingerprint density at radius 1 is 1.17 bits per heavy atom. The topological polar surface area (TPSA) is 59.2 Å². The number of aromatic nitrogens is 3. The summed E-state index contributed by atoms with van der Waals surface area (Å²) in [4.78, 5) is 4.66. The van der Waals surface area contributed by atoms with Crippen LogP contribution >= 0.6 is 24.0 Å². The first-order valence-electron chi connectivity index (χ1n) is 7.88. The molecule has 0 aliphatic rings. The van der Waals surface area contributed by atoms with Gasteiger partial charge in [-0.1, -0.05) is 6.92 Å². The van der Waals surface area contributed by atoms with E-state index in [0.717, 1.165) is 38.7 Å². The summed E-state index contributed by atoms with van der Waals surface area (Å²) in [5, 5.41) is 10.9. The van der Waals surface area contributed by atoms with Crippen molar-refractivity contribution in [2.24, 2.45) is 10.9 Å². The van der Waals surface area contributed by atoms with E-state index in [0.29, 0.717) is 5.92 Å². The Morgan fingerprint density at radius 3 is 2.61 bits per heavy atom. The zero-order valence-electron chi connectivity index (χ0n) is 13.9. The standard InChI is InChI=1S/C16H26N6.HI/c1-3-17-16(18-8-12-21-9-4-5-10-21)19-13-15(2)14-22-11-6-7-20-22;/h4-7,9-11,15H,3,8,12-14H2,1-2H3,(H2,17,18,19);1H. The fourth-order valence-corrected chi connectivity index (χ4v) is 2.20. The second kappa shape index (κ2) is 11.1. The molecule has 0 aliphatic heterocycles. The summed E-state index contributed by atoms with van der Waals surface area (Å²) in [5.74, 6) is 1.32. The average molecular weight is 430 g/mol. The van der Waals surface area contributed by atoms with Crippen molar-refractivity contribution in [3.8, 4) is 0 Å². The molecule has 0 spiro atoms. The molecule has 0 aliphatic carbocycles. The predicted molar refractivity (Wildman–Crippen MR) is 105 cm³/mol. The van der Waals surface area contributed by atoms with E-state index in [9.17, 15) is 0 Å². The SMILES string of the molecule is CCNC(=NCC(C)Cn1cccn1)NCCn1cccc1.I. The first-order chi connectivity index (χ1) is 10.8.